The number of alkyl carbamates (subject to hydrolysis) is 1. The van der Waals surface area contributed by atoms with Crippen LogP contribution in [0.2, 0.25) is 0 Å². The molecular weight excluding hydrogens is 446 g/mol. The molecule has 0 aliphatic rings. The zero-order valence-electron chi connectivity index (χ0n) is 22.2. The second kappa shape index (κ2) is 12.5. The smallest absolute Gasteiger partial charge is 0.408 e. The van der Waals surface area contributed by atoms with Crippen molar-refractivity contribution in [1.82, 2.24) is 5.32 Å². The van der Waals surface area contributed by atoms with Crippen molar-refractivity contribution in [3.05, 3.63) is 58.7 Å². The van der Waals surface area contributed by atoms with Crippen LogP contribution in [0.5, 0.6) is 11.5 Å². The Kier molecular flexibility index (Phi) is 9.99. The molecule has 0 fully saturated rings. The van der Waals surface area contributed by atoms with Crippen LogP contribution in [0.3, 0.4) is 0 Å². The predicted molar refractivity (Wildman–Crippen MR) is 136 cm³/mol. The van der Waals surface area contributed by atoms with Gasteiger partial charge in [-0.05, 0) is 78.6 Å². The molecule has 2 aromatic carbocycles. The quantitative estimate of drug-likeness (QED) is 0.435. The minimum atomic E-state index is -0.673. The van der Waals surface area contributed by atoms with Gasteiger partial charge in [-0.1, -0.05) is 24.3 Å². The summed E-state index contributed by atoms with van der Waals surface area (Å²) in [5.74, 6) is 0.541. The molecule has 0 saturated heterocycles. The number of amides is 1. The van der Waals surface area contributed by atoms with E-state index in [9.17, 15) is 9.59 Å². The van der Waals surface area contributed by atoms with E-state index in [0.717, 1.165) is 33.8 Å². The molecule has 0 bridgehead atoms. The van der Waals surface area contributed by atoms with E-state index in [2.05, 4.69) is 5.32 Å². The van der Waals surface area contributed by atoms with E-state index in [4.69, 9.17) is 18.9 Å². The molecule has 7 heteroatoms. The zero-order chi connectivity index (χ0) is 26.2. The molecule has 0 aromatic heterocycles. The Hall–Kier alpha value is -3.22. The Labute approximate surface area is 209 Å². The van der Waals surface area contributed by atoms with E-state index < -0.39 is 23.8 Å². The molecule has 2 rings (SSSR count). The Morgan fingerprint density at radius 1 is 0.886 bits per heavy atom. The number of hydrogen-bond donors (Lipinski definition) is 1. The van der Waals surface area contributed by atoms with E-state index in [1.165, 1.54) is 0 Å². The third-order valence-corrected chi connectivity index (χ3v) is 5.17. The van der Waals surface area contributed by atoms with Gasteiger partial charge in [-0.2, -0.15) is 0 Å². The highest BCUT2D eigenvalue weighted by Crippen LogP contribution is 2.40. The van der Waals surface area contributed by atoms with Crippen molar-refractivity contribution in [2.45, 2.75) is 73.0 Å². The summed E-state index contributed by atoms with van der Waals surface area (Å²) in [4.78, 5) is 24.6. The fourth-order valence-electron chi connectivity index (χ4n) is 3.81. The first-order valence-electron chi connectivity index (χ1n) is 12.1. The van der Waals surface area contributed by atoms with Crippen LogP contribution in [-0.2, 0) is 14.3 Å². The average Bonchev–Trinajstić information content (AvgIpc) is 2.74. The minimum absolute atomic E-state index is 0.301. The predicted octanol–water partition coefficient (Wildman–Crippen LogP) is 5.69. The third kappa shape index (κ3) is 8.50. The topological polar surface area (TPSA) is 83.1 Å². The fraction of sp³-hybridized carbons (Fsp3) is 0.500. The summed E-state index contributed by atoms with van der Waals surface area (Å²) < 4.78 is 22.9. The van der Waals surface area contributed by atoms with Crippen LogP contribution in [0.1, 0.15) is 69.7 Å². The van der Waals surface area contributed by atoms with E-state index >= 15 is 0 Å². The normalized spacial score (nSPS) is 12.1. The van der Waals surface area contributed by atoms with Gasteiger partial charge in [0.05, 0.1) is 19.1 Å². The van der Waals surface area contributed by atoms with Gasteiger partial charge in [0.2, 0.25) is 0 Å². The first-order chi connectivity index (χ1) is 16.4. The highest BCUT2D eigenvalue weighted by atomic mass is 16.6. The lowest BCUT2D eigenvalue weighted by Gasteiger charge is -2.28. The van der Waals surface area contributed by atoms with Gasteiger partial charge < -0.3 is 24.3 Å². The van der Waals surface area contributed by atoms with Crippen LogP contribution in [0.15, 0.2) is 36.4 Å². The number of ether oxygens (including phenoxy) is 4. The number of aryl methyl sites for hydroxylation is 2. The van der Waals surface area contributed by atoms with Crippen molar-refractivity contribution in [2.24, 2.45) is 0 Å². The van der Waals surface area contributed by atoms with Crippen LogP contribution >= 0.6 is 0 Å². The number of esters is 1. The van der Waals surface area contributed by atoms with Gasteiger partial charge in [0.25, 0.3) is 0 Å². The van der Waals surface area contributed by atoms with Crippen molar-refractivity contribution in [2.75, 3.05) is 19.8 Å². The summed E-state index contributed by atoms with van der Waals surface area (Å²) in [6.45, 7) is 15.7. The van der Waals surface area contributed by atoms with Crippen LogP contribution < -0.4 is 14.8 Å². The number of rotatable bonds is 10. The van der Waals surface area contributed by atoms with Crippen molar-refractivity contribution in [3.8, 4) is 11.5 Å². The Morgan fingerprint density at radius 3 is 1.80 bits per heavy atom. The first-order valence-corrected chi connectivity index (χ1v) is 12.1. The van der Waals surface area contributed by atoms with Gasteiger partial charge in [-0.3, -0.25) is 4.79 Å². The molecule has 35 heavy (non-hydrogen) atoms. The molecule has 0 saturated carbocycles. The standard InChI is InChI=1S/C28H39NO6/c1-9-32-23-15-18(3)11-13-21(23)26(22-14-12-19(4)16-24(22)33-10-2)20(5)34-25(30)17-29-27(31)35-28(6,7)8/h11-16,20,26H,9-10,17H2,1-8H3,(H,29,31). The number of hydrogen-bond acceptors (Lipinski definition) is 6. The average molecular weight is 486 g/mol. The van der Waals surface area contributed by atoms with Crippen LogP contribution in [0.25, 0.3) is 0 Å². The molecule has 1 atom stereocenters. The maximum absolute atomic E-state index is 12.7. The summed E-state index contributed by atoms with van der Waals surface area (Å²) in [6.07, 6.45) is -1.25. The van der Waals surface area contributed by atoms with Gasteiger partial charge in [0, 0.05) is 11.1 Å². The van der Waals surface area contributed by atoms with Gasteiger partial charge in [0.1, 0.15) is 29.7 Å². The SMILES string of the molecule is CCOc1cc(C)ccc1C(c1ccc(C)cc1OCC)C(C)OC(=O)CNC(=O)OC(C)(C)C. The molecule has 2 aromatic rings. The molecule has 1 amide bonds. The molecule has 7 nitrogen and oxygen atoms in total. The van der Waals surface area contributed by atoms with Gasteiger partial charge >= 0.3 is 12.1 Å². The Bertz CT molecular complexity index is 955. The molecule has 0 radical (unpaired) electrons. The molecule has 0 aliphatic carbocycles. The Morgan fingerprint density at radius 2 is 1.37 bits per heavy atom. The molecular formula is C28H39NO6. The Balaban J connectivity index is 2.39. The minimum Gasteiger partial charge on any atom is -0.494 e. The number of nitrogens with one attached hydrogen (secondary N) is 1. The van der Waals surface area contributed by atoms with Crippen LogP contribution in [-0.4, -0.2) is 43.5 Å². The largest absolute Gasteiger partial charge is 0.494 e. The lowest BCUT2D eigenvalue weighted by atomic mass is 9.85. The first kappa shape index (κ1) is 28.0. The summed E-state index contributed by atoms with van der Waals surface area (Å²) in [6, 6.07) is 12.0. The fourth-order valence-corrected chi connectivity index (χ4v) is 3.81. The van der Waals surface area contributed by atoms with Crippen molar-refractivity contribution in [1.29, 1.82) is 0 Å². The van der Waals surface area contributed by atoms with Gasteiger partial charge in [-0.25, -0.2) is 4.79 Å². The van der Waals surface area contributed by atoms with E-state index in [-0.39, 0.29) is 12.5 Å². The molecule has 1 N–H and O–H groups in total. The highest BCUT2D eigenvalue weighted by Gasteiger charge is 2.30. The van der Waals surface area contributed by atoms with E-state index in [0.29, 0.717) is 13.2 Å². The monoisotopic (exact) mass is 485 g/mol. The zero-order valence-corrected chi connectivity index (χ0v) is 22.2. The number of carbonyl (C=O) groups is 2. The lowest BCUT2D eigenvalue weighted by molar-refractivity contribution is -0.147. The highest BCUT2D eigenvalue weighted by molar-refractivity contribution is 5.78. The summed E-state index contributed by atoms with van der Waals surface area (Å²) in [5.41, 5.74) is 3.26. The van der Waals surface area contributed by atoms with E-state index in [1.54, 1.807) is 20.8 Å². The van der Waals surface area contributed by atoms with E-state index in [1.807, 2.05) is 71.0 Å². The van der Waals surface area contributed by atoms with Crippen molar-refractivity contribution >= 4 is 12.1 Å². The van der Waals surface area contributed by atoms with Crippen LogP contribution in [0.4, 0.5) is 4.79 Å². The molecule has 1 unspecified atom stereocenters. The van der Waals surface area contributed by atoms with Crippen molar-refractivity contribution in [3.63, 3.8) is 0 Å². The third-order valence-electron chi connectivity index (χ3n) is 5.17. The number of benzene rings is 2. The molecule has 0 spiro atoms. The maximum Gasteiger partial charge on any atom is 0.408 e. The summed E-state index contributed by atoms with van der Waals surface area (Å²) in [7, 11) is 0. The van der Waals surface area contributed by atoms with Crippen molar-refractivity contribution < 1.29 is 28.5 Å². The lowest BCUT2D eigenvalue weighted by Crippen LogP contribution is -2.37. The second-order valence-electron chi connectivity index (χ2n) is 9.48. The van der Waals surface area contributed by atoms with Gasteiger partial charge in [0.15, 0.2) is 0 Å². The maximum atomic E-state index is 12.7. The summed E-state index contributed by atoms with van der Waals surface area (Å²) in [5, 5.41) is 2.46. The van der Waals surface area contributed by atoms with Crippen LogP contribution in [0, 0.1) is 13.8 Å². The molecule has 192 valence electrons. The second-order valence-corrected chi connectivity index (χ2v) is 9.48. The molecule has 0 aliphatic heterocycles. The summed E-state index contributed by atoms with van der Waals surface area (Å²) >= 11 is 0. The molecule has 0 heterocycles. The number of carbonyl (C=O) groups excluding carboxylic acids is 2. The van der Waals surface area contributed by atoms with Gasteiger partial charge in [-0.15, -0.1) is 0 Å².